The van der Waals surface area contributed by atoms with Gasteiger partial charge in [0.15, 0.2) is 9.54 Å². The van der Waals surface area contributed by atoms with E-state index in [2.05, 4.69) is 75.9 Å². The first-order valence-corrected chi connectivity index (χ1v) is 15.2. The van der Waals surface area contributed by atoms with Crippen LogP contribution in [0.5, 0.6) is 0 Å². The predicted octanol–water partition coefficient (Wildman–Crippen LogP) is 7.17. The van der Waals surface area contributed by atoms with Crippen molar-refractivity contribution in [1.29, 1.82) is 0 Å². The van der Waals surface area contributed by atoms with E-state index in [1.807, 2.05) is 21.5 Å². The number of hydrogen-bond acceptors (Lipinski definition) is 6. The first-order valence-electron chi connectivity index (χ1n) is 13.5. The fourth-order valence-corrected chi connectivity index (χ4v) is 6.23. The van der Waals surface area contributed by atoms with Gasteiger partial charge in [0.2, 0.25) is 0 Å². The summed E-state index contributed by atoms with van der Waals surface area (Å²) in [5.41, 5.74) is -0.00875. The van der Waals surface area contributed by atoms with Crippen molar-refractivity contribution in [2.24, 2.45) is 10.8 Å². The number of aromatic nitrogens is 4. The van der Waals surface area contributed by atoms with Crippen LogP contribution in [0, 0.1) is 20.4 Å². The fraction of sp³-hybridized carbons (Fsp3) is 0.778. The normalized spacial score (nSPS) is 14.3. The van der Waals surface area contributed by atoms with Crippen molar-refractivity contribution in [3.63, 3.8) is 0 Å². The zero-order valence-corrected chi connectivity index (χ0v) is 26.9. The number of aryl methyl sites for hydroxylation is 2. The van der Waals surface area contributed by atoms with Gasteiger partial charge in [-0.2, -0.15) is 0 Å². The molecule has 2 aromatic heterocycles. The molecular formula is C27H48N4O2S4. The molecule has 212 valence electrons. The maximum absolute atomic E-state index is 10.6. The van der Waals surface area contributed by atoms with Crippen LogP contribution in [0.4, 0.5) is 0 Å². The van der Waals surface area contributed by atoms with Gasteiger partial charge < -0.3 is 28.5 Å². The van der Waals surface area contributed by atoms with E-state index in [4.69, 9.17) is 24.4 Å². The molecule has 6 nitrogen and oxygen atoms in total. The minimum Gasteiger partial charge on any atom is -0.393 e. The molecule has 2 aromatic rings. The molecule has 0 bridgehead atoms. The molecule has 10 heteroatoms. The van der Waals surface area contributed by atoms with Crippen molar-refractivity contribution in [1.82, 2.24) is 18.3 Å². The zero-order chi connectivity index (χ0) is 28.0. The third-order valence-electron chi connectivity index (χ3n) is 7.29. The quantitative estimate of drug-likeness (QED) is 0.124. The Kier molecular flexibility index (Phi) is 12.6. The van der Waals surface area contributed by atoms with Gasteiger partial charge >= 0.3 is 0 Å². The molecule has 2 rings (SSSR count). The lowest BCUT2D eigenvalue weighted by molar-refractivity contribution is 0.102. The Bertz CT molecular complexity index is 1030. The van der Waals surface area contributed by atoms with Gasteiger partial charge in [0, 0.05) is 38.6 Å². The SMILES string of the molecule is CCn1cc(S)n(CC(C)(C)CCC(O)CCCC(O)CCC(C)(C)Cn2c(S)cn(CC)c2=S)c1=S. The summed E-state index contributed by atoms with van der Waals surface area (Å²) in [6, 6.07) is 0. The number of rotatable bonds is 16. The van der Waals surface area contributed by atoms with E-state index in [-0.39, 0.29) is 23.0 Å². The van der Waals surface area contributed by atoms with Gasteiger partial charge in [-0.05, 0) is 94.1 Å². The average molecular weight is 589 g/mol. The van der Waals surface area contributed by atoms with Gasteiger partial charge in [0.25, 0.3) is 0 Å². The fourth-order valence-electron chi connectivity index (χ4n) is 4.79. The molecular weight excluding hydrogens is 541 g/mol. The van der Waals surface area contributed by atoms with E-state index in [0.717, 1.165) is 77.9 Å². The highest BCUT2D eigenvalue weighted by molar-refractivity contribution is 7.80. The molecule has 0 aliphatic carbocycles. The molecule has 2 unspecified atom stereocenters. The van der Waals surface area contributed by atoms with E-state index >= 15 is 0 Å². The molecule has 2 atom stereocenters. The lowest BCUT2D eigenvalue weighted by Crippen LogP contribution is -2.23. The molecule has 0 spiro atoms. The zero-order valence-electron chi connectivity index (χ0n) is 23.5. The van der Waals surface area contributed by atoms with Crippen LogP contribution in [0.25, 0.3) is 0 Å². The summed E-state index contributed by atoms with van der Waals surface area (Å²) in [4.78, 5) is 0. The van der Waals surface area contributed by atoms with Crippen LogP contribution in [0.3, 0.4) is 0 Å². The molecule has 0 saturated carbocycles. The lowest BCUT2D eigenvalue weighted by Gasteiger charge is -2.27. The van der Waals surface area contributed by atoms with Crippen LogP contribution < -0.4 is 0 Å². The first-order chi connectivity index (χ1) is 17.2. The second-order valence-corrected chi connectivity index (χ2v) is 13.6. The first kappa shape index (κ1) is 32.7. The Morgan fingerprint density at radius 2 is 1.08 bits per heavy atom. The molecule has 0 saturated heterocycles. The molecule has 0 aromatic carbocycles. The van der Waals surface area contributed by atoms with Crippen LogP contribution >= 0.6 is 49.7 Å². The molecule has 2 N–H and O–H groups in total. The largest absolute Gasteiger partial charge is 0.393 e. The van der Waals surface area contributed by atoms with Crippen molar-refractivity contribution in [2.45, 2.75) is 135 Å². The Morgan fingerprint density at radius 1 is 0.730 bits per heavy atom. The molecule has 0 amide bonds. The highest BCUT2D eigenvalue weighted by atomic mass is 32.1. The van der Waals surface area contributed by atoms with Crippen LogP contribution in [0.1, 0.15) is 86.5 Å². The number of thiol groups is 2. The molecule has 0 radical (unpaired) electrons. The van der Waals surface area contributed by atoms with Gasteiger partial charge in [-0.3, -0.25) is 0 Å². The van der Waals surface area contributed by atoms with Crippen LogP contribution in [0.2, 0.25) is 0 Å². The number of hydrogen-bond donors (Lipinski definition) is 4. The Balaban J connectivity index is 1.73. The van der Waals surface area contributed by atoms with E-state index in [1.54, 1.807) is 0 Å². The minimum absolute atomic E-state index is 0.00437. The maximum atomic E-state index is 10.6. The summed E-state index contributed by atoms with van der Waals surface area (Å²) in [6.45, 7) is 16.2. The highest BCUT2D eigenvalue weighted by Crippen LogP contribution is 2.30. The van der Waals surface area contributed by atoms with Gasteiger partial charge in [-0.25, -0.2) is 0 Å². The highest BCUT2D eigenvalue weighted by Gasteiger charge is 2.24. The third-order valence-corrected chi connectivity index (χ3v) is 8.91. The van der Waals surface area contributed by atoms with Crippen molar-refractivity contribution in [2.75, 3.05) is 0 Å². The second-order valence-electron chi connectivity index (χ2n) is 11.9. The second kappa shape index (κ2) is 14.2. The molecule has 0 aliphatic heterocycles. The van der Waals surface area contributed by atoms with Crippen molar-refractivity contribution in [3.8, 4) is 0 Å². The number of imidazole rings is 2. The van der Waals surface area contributed by atoms with Gasteiger partial charge in [-0.1, -0.05) is 27.7 Å². The summed E-state index contributed by atoms with van der Waals surface area (Å²) >= 11 is 20.4. The summed E-state index contributed by atoms with van der Waals surface area (Å²) in [6.07, 6.45) is 8.77. The Labute approximate surface area is 244 Å². The van der Waals surface area contributed by atoms with Gasteiger partial charge in [0.05, 0.1) is 22.3 Å². The van der Waals surface area contributed by atoms with Crippen molar-refractivity contribution >= 4 is 49.7 Å². The van der Waals surface area contributed by atoms with Crippen LogP contribution in [-0.4, -0.2) is 40.7 Å². The third kappa shape index (κ3) is 9.87. The molecule has 0 aliphatic rings. The topological polar surface area (TPSA) is 60.2 Å². The van der Waals surface area contributed by atoms with Crippen LogP contribution in [0.15, 0.2) is 22.4 Å². The lowest BCUT2D eigenvalue weighted by atomic mass is 9.85. The number of aliphatic hydroxyl groups excluding tert-OH is 2. The monoisotopic (exact) mass is 588 g/mol. The molecule has 37 heavy (non-hydrogen) atoms. The summed E-state index contributed by atoms with van der Waals surface area (Å²) in [5, 5.41) is 22.9. The Hall–Kier alpha value is -0.520. The van der Waals surface area contributed by atoms with Gasteiger partial charge in [-0.15, -0.1) is 25.3 Å². The molecule has 0 fully saturated rings. The average Bonchev–Trinajstić information content (AvgIpc) is 3.25. The maximum Gasteiger partial charge on any atom is 0.180 e. The summed E-state index contributed by atoms with van der Waals surface area (Å²) < 4.78 is 9.82. The van der Waals surface area contributed by atoms with Crippen molar-refractivity contribution in [3.05, 3.63) is 21.9 Å². The van der Waals surface area contributed by atoms with Gasteiger partial charge in [0.1, 0.15) is 0 Å². The van der Waals surface area contributed by atoms with Crippen molar-refractivity contribution < 1.29 is 10.2 Å². The predicted molar refractivity (Wildman–Crippen MR) is 164 cm³/mol. The molecule has 2 heterocycles. The number of nitrogens with zero attached hydrogens (tertiary/aromatic N) is 4. The standard InChI is InChI=1S/C27H48N4O2S4/c1-7-28-16-22(34)30(24(28)36)18-26(3,4)14-12-20(32)10-9-11-21(33)13-15-27(5,6)19-31-23(35)17-29(8-2)25(31)37/h16-17,20-21,32-35H,7-15,18-19H2,1-6H3. The summed E-state index contributed by atoms with van der Waals surface area (Å²) in [5.74, 6) is 0. The van der Waals surface area contributed by atoms with E-state index in [1.165, 1.54) is 0 Å². The van der Waals surface area contributed by atoms with E-state index in [9.17, 15) is 10.2 Å². The Morgan fingerprint density at radius 3 is 1.38 bits per heavy atom. The van der Waals surface area contributed by atoms with E-state index in [0.29, 0.717) is 12.8 Å². The number of aliphatic hydroxyl groups is 2. The van der Waals surface area contributed by atoms with Crippen LogP contribution in [-0.2, 0) is 26.2 Å². The smallest absolute Gasteiger partial charge is 0.180 e. The minimum atomic E-state index is -0.357. The van der Waals surface area contributed by atoms with E-state index < -0.39 is 0 Å². The summed E-state index contributed by atoms with van der Waals surface area (Å²) in [7, 11) is 0.